The molecule has 2 fully saturated rings. The van der Waals surface area contributed by atoms with Crippen LogP contribution in [-0.4, -0.2) is 28.6 Å². The van der Waals surface area contributed by atoms with Crippen LogP contribution in [0.15, 0.2) is 30.7 Å². The van der Waals surface area contributed by atoms with Crippen molar-refractivity contribution in [3.63, 3.8) is 0 Å². The van der Waals surface area contributed by atoms with E-state index in [0.717, 1.165) is 55.9 Å². The smallest absolute Gasteiger partial charge is 0.234 e. The van der Waals surface area contributed by atoms with Crippen LogP contribution in [0.2, 0.25) is 0 Å². The highest BCUT2D eigenvalue weighted by Gasteiger charge is 2.51. The van der Waals surface area contributed by atoms with Gasteiger partial charge in [-0.15, -0.1) is 0 Å². The van der Waals surface area contributed by atoms with Crippen LogP contribution in [0.5, 0.6) is 0 Å². The van der Waals surface area contributed by atoms with E-state index >= 15 is 0 Å². The van der Waals surface area contributed by atoms with Crippen LogP contribution in [-0.2, 0) is 9.53 Å². The average molecular weight is 311 g/mol. The molecule has 1 unspecified atom stereocenters. The predicted molar refractivity (Wildman–Crippen MR) is 88.0 cm³/mol. The van der Waals surface area contributed by atoms with E-state index in [0.29, 0.717) is 5.82 Å². The third-order valence-corrected chi connectivity index (χ3v) is 5.29. The van der Waals surface area contributed by atoms with Gasteiger partial charge in [-0.25, -0.2) is 4.98 Å². The molecule has 2 aromatic heterocycles. The molecule has 1 atom stereocenters. The van der Waals surface area contributed by atoms with Crippen molar-refractivity contribution in [3.05, 3.63) is 30.7 Å². The number of nitrogens with zero attached hydrogens (tertiary/aromatic N) is 2. The summed E-state index contributed by atoms with van der Waals surface area (Å²) < 4.78 is 5.94. The van der Waals surface area contributed by atoms with Crippen molar-refractivity contribution in [2.75, 3.05) is 11.9 Å². The molecule has 1 N–H and O–H groups in total. The summed E-state index contributed by atoms with van der Waals surface area (Å²) in [4.78, 5) is 21.5. The molecule has 23 heavy (non-hydrogen) atoms. The van der Waals surface area contributed by atoms with Gasteiger partial charge >= 0.3 is 0 Å². The number of hydrogen-bond donors (Lipinski definition) is 1. The summed E-state index contributed by atoms with van der Waals surface area (Å²) in [7, 11) is 0. The molecule has 2 aromatic rings. The standard InChI is InChI=1S/C18H21N3O2/c22-17(18(7-3-8-18)15-4-1-2-11-23-15)21-16-14-12-19-9-5-13(14)6-10-20-16/h5-6,9-10,12,15H,1-4,7-8,11H2,(H,20,21,22). The summed E-state index contributed by atoms with van der Waals surface area (Å²) in [5.41, 5.74) is -0.369. The highest BCUT2D eigenvalue weighted by molar-refractivity contribution is 6.02. The zero-order valence-electron chi connectivity index (χ0n) is 13.1. The van der Waals surface area contributed by atoms with Gasteiger partial charge < -0.3 is 10.1 Å². The Morgan fingerprint density at radius 3 is 2.83 bits per heavy atom. The van der Waals surface area contributed by atoms with Gasteiger partial charge in [0.2, 0.25) is 5.91 Å². The lowest BCUT2D eigenvalue weighted by Gasteiger charge is -2.47. The van der Waals surface area contributed by atoms with E-state index in [1.165, 1.54) is 0 Å². The Bertz CT molecular complexity index is 716. The van der Waals surface area contributed by atoms with Gasteiger partial charge in [-0.2, -0.15) is 0 Å². The van der Waals surface area contributed by atoms with Crippen LogP contribution in [0.1, 0.15) is 38.5 Å². The molecule has 3 heterocycles. The fourth-order valence-electron chi connectivity index (χ4n) is 3.77. The van der Waals surface area contributed by atoms with E-state index in [9.17, 15) is 4.79 Å². The second-order valence-corrected chi connectivity index (χ2v) is 6.58. The zero-order chi connectivity index (χ0) is 15.7. The molecular weight excluding hydrogens is 290 g/mol. The topological polar surface area (TPSA) is 64.1 Å². The monoisotopic (exact) mass is 311 g/mol. The van der Waals surface area contributed by atoms with E-state index in [4.69, 9.17) is 4.74 Å². The summed E-state index contributed by atoms with van der Waals surface area (Å²) in [6, 6.07) is 3.85. The summed E-state index contributed by atoms with van der Waals surface area (Å²) in [6.07, 6.45) is 11.4. The number of ether oxygens (including phenoxy) is 1. The highest BCUT2D eigenvalue weighted by atomic mass is 16.5. The maximum Gasteiger partial charge on any atom is 0.234 e. The van der Waals surface area contributed by atoms with E-state index in [2.05, 4.69) is 15.3 Å². The largest absolute Gasteiger partial charge is 0.377 e. The number of carbonyl (C=O) groups excluding carboxylic acids is 1. The molecule has 1 saturated carbocycles. The first-order valence-electron chi connectivity index (χ1n) is 8.41. The Balaban J connectivity index is 1.60. The summed E-state index contributed by atoms with van der Waals surface area (Å²) >= 11 is 0. The Morgan fingerprint density at radius 2 is 2.09 bits per heavy atom. The molecule has 0 spiro atoms. The Labute approximate surface area is 135 Å². The van der Waals surface area contributed by atoms with E-state index in [1.54, 1.807) is 18.6 Å². The third-order valence-electron chi connectivity index (χ3n) is 5.29. The molecule has 0 radical (unpaired) electrons. The summed E-state index contributed by atoms with van der Waals surface area (Å²) in [6.45, 7) is 0.774. The van der Waals surface area contributed by atoms with Gasteiger partial charge in [0.15, 0.2) is 0 Å². The van der Waals surface area contributed by atoms with Gasteiger partial charge in [-0.1, -0.05) is 6.42 Å². The van der Waals surface area contributed by atoms with Crippen molar-refractivity contribution < 1.29 is 9.53 Å². The first kappa shape index (κ1) is 14.6. The lowest BCUT2D eigenvalue weighted by molar-refractivity contribution is -0.151. The number of fused-ring (bicyclic) bond motifs is 1. The van der Waals surface area contributed by atoms with Gasteiger partial charge in [0.1, 0.15) is 5.82 Å². The van der Waals surface area contributed by atoms with E-state index in [1.807, 2.05) is 12.1 Å². The van der Waals surface area contributed by atoms with E-state index in [-0.39, 0.29) is 17.4 Å². The molecule has 1 saturated heterocycles. The van der Waals surface area contributed by atoms with Crippen molar-refractivity contribution in [3.8, 4) is 0 Å². The number of anilines is 1. The molecular formula is C18H21N3O2. The number of hydrogen-bond acceptors (Lipinski definition) is 4. The normalized spacial score (nSPS) is 23.2. The summed E-state index contributed by atoms with van der Waals surface area (Å²) in [5.74, 6) is 0.655. The molecule has 1 aliphatic carbocycles. The Morgan fingerprint density at radius 1 is 1.22 bits per heavy atom. The van der Waals surface area contributed by atoms with Gasteiger partial charge in [0.05, 0.1) is 11.5 Å². The third kappa shape index (κ3) is 2.49. The van der Waals surface area contributed by atoms with Crippen molar-refractivity contribution in [1.82, 2.24) is 9.97 Å². The van der Waals surface area contributed by atoms with Crippen LogP contribution in [0.4, 0.5) is 5.82 Å². The van der Waals surface area contributed by atoms with Crippen molar-refractivity contribution in [2.24, 2.45) is 5.41 Å². The number of nitrogens with one attached hydrogen (secondary N) is 1. The molecule has 4 rings (SSSR count). The Kier molecular flexibility index (Phi) is 3.73. The number of aromatic nitrogens is 2. The number of amides is 1. The van der Waals surface area contributed by atoms with Crippen LogP contribution in [0, 0.1) is 5.41 Å². The molecule has 2 aliphatic rings. The first-order chi connectivity index (χ1) is 11.3. The maximum atomic E-state index is 13.0. The van der Waals surface area contributed by atoms with Gasteiger partial charge in [-0.3, -0.25) is 9.78 Å². The maximum absolute atomic E-state index is 13.0. The fraction of sp³-hybridized carbons (Fsp3) is 0.500. The molecule has 1 aliphatic heterocycles. The zero-order valence-corrected chi connectivity index (χ0v) is 13.1. The predicted octanol–water partition coefficient (Wildman–Crippen LogP) is 3.31. The first-order valence-corrected chi connectivity index (χ1v) is 8.41. The van der Waals surface area contributed by atoms with E-state index < -0.39 is 0 Å². The van der Waals surface area contributed by atoms with Gasteiger partial charge in [0.25, 0.3) is 0 Å². The molecule has 120 valence electrons. The Hall–Kier alpha value is -2.01. The van der Waals surface area contributed by atoms with Crippen LogP contribution in [0.25, 0.3) is 10.8 Å². The van der Waals surface area contributed by atoms with Crippen LogP contribution >= 0.6 is 0 Å². The molecule has 0 bridgehead atoms. The van der Waals surface area contributed by atoms with Gasteiger partial charge in [0, 0.05) is 30.6 Å². The quantitative estimate of drug-likeness (QED) is 0.944. The molecule has 1 amide bonds. The molecule has 5 nitrogen and oxygen atoms in total. The van der Waals surface area contributed by atoms with Gasteiger partial charge in [-0.05, 0) is 49.6 Å². The fourth-order valence-corrected chi connectivity index (χ4v) is 3.77. The minimum atomic E-state index is -0.369. The second kappa shape index (κ2) is 5.89. The minimum Gasteiger partial charge on any atom is -0.377 e. The minimum absolute atomic E-state index is 0.0538. The second-order valence-electron chi connectivity index (χ2n) is 6.58. The number of rotatable bonds is 3. The van der Waals surface area contributed by atoms with Crippen molar-refractivity contribution in [2.45, 2.75) is 44.6 Å². The number of carbonyl (C=O) groups is 1. The van der Waals surface area contributed by atoms with Crippen LogP contribution < -0.4 is 5.32 Å². The lowest BCUT2D eigenvalue weighted by atomic mass is 9.63. The molecule has 5 heteroatoms. The number of pyridine rings is 2. The summed E-state index contributed by atoms with van der Waals surface area (Å²) in [5, 5.41) is 4.96. The average Bonchev–Trinajstić information content (AvgIpc) is 2.55. The van der Waals surface area contributed by atoms with Crippen molar-refractivity contribution in [1.29, 1.82) is 0 Å². The SMILES string of the molecule is O=C(Nc1nccc2ccncc12)C1(C2CCCCO2)CCC1. The highest BCUT2D eigenvalue weighted by Crippen LogP contribution is 2.48. The molecule has 0 aromatic carbocycles. The lowest BCUT2D eigenvalue weighted by Crippen LogP contribution is -2.52. The van der Waals surface area contributed by atoms with Crippen molar-refractivity contribution >= 4 is 22.5 Å². The van der Waals surface area contributed by atoms with Crippen LogP contribution in [0.3, 0.4) is 0 Å².